The molecule has 0 N–H and O–H groups in total. The Labute approximate surface area is 151 Å². The van der Waals surface area contributed by atoms with Gasteiger partial charge in [0.15, 0.2) is 5.78 Å². The lowest BCUT2D eigenvalue weighted by atomic mass is 9.82. The average molecular weight is 371 g/mol. The van der Waals surface area contributed by atoms with Crippen LogP contribution in [-0.4, -0.2) is 20.3 Å². The molecule has 25 heavy (non-hydrogen) atoms. The topological polar surface area (TPSA) is 78.0 Å². The van der Waals surface area contributed by atoms with Gasteiger partial charge in [-0.3, -0.25) is 9.36 Å². The molecule has 0 saturated heterocycles. The minimum Gasteiger partial charge on any atom is -0.358 e. The molecule has 126 valence electrons. The molecule has 0 radical (unpaired) electrons. The van der Waals surface area contributed by atoms with Crippen LogP contribution in [-0.2, 0) is 4.79 Å². The first kappa shape index (κ1) is 15.9. The number of allylic oxidation sites excluding steroid dienone is 2. The fraction of sp³-hybridized carbons (Fsp3) is 0.176. The summed E-state index contributed by atoms with van der Waals surface area (Å²) in [5, 5.41) is 14.9. The van der Waals surface area contributed by atoms with Gasteiger partial charge < -0.3 is 10.1 Å². The summed E-state index contributed by atoms with van der Waals surface area (Å²) in [6, 6.07) is 7.44. The van der Waals surface area contributed by atoms with E-state index < -0.39 is 11.0 Å². The van der Waals surface area contributed by atoms with Crippen molar-refractivity contribution in [3.8, 4) is 0 Å². The van der Waals surface area contributed by atoms with E-state index in [2.05, 4.69) is 4.98 Å². The van der Waals surface area contributed by atoms with E-state index in [0.29, 0.717) is 6.42 Å². The molecule has 0 unspecified atom stereocenters. The van der Waals surface area contributed by atoms with Gasteiger partial charge in [-0.15, -0.1) is 22.7 Å². The quantitative estimate of drug-likeness (QED) is 0.506. The number of ketones is 1. The minimum absolute atomic E-state index is 0.0552. The summed E-state index contributed by atoms with van der Waals surface area (Å²) in [6.45, 7) is 0. The number of nitro groups is 1. The highest BCUT2D eigenvalue weighted by atomic mass is 32.1. The molecule has 6 nitrogen and oxygen atoms in total. The maximum absolute atomic E-state index is 12.9. The Balaban J connectivity index is 1.77. The van der Waals surface area contributed by atoms with Crippen LogP contribution < -0.4 is 0 Å². The van der Waals surface area contributed by atoms with Gasteiger partial charge in [0, 0.05) is 15.7 Å². The number of carbonyl (C=O) groups excluding carboxylic acids is 1. The van der Waals surface area contributed by atoms with Crippen LogP contribution in [0.2, 0.25) is 0 Å². The number of thiophene rings is 2. The van der Waals surface area contributed by atoms with Gasteiger partial charge in [0.2, 0.25) is 6.33 Å². The van der Waals surface area contributed by atoms with E-state index in [1.54, 1.807) is 33.3 Å². The van der Waals surface area contributed by atoms with Crippen LogP contribution >= 0.6 is 22.7 Å². The summed E-state index contributed by atoms with van der Waals surface area (Å²) in [4.78, 5) is 29.3. The van der Waals surface area contributed by atoms with Crippen molar-refractivity contribution in [1.82, 2.24) is 9.55 Å². The van der Waals surface area contributed by atoms with Gasteiger partial charge in [0.1, 0.15) is 12.2 Å². The molecule has 1 aliphatic carbocycles. The SMILES string of the molecule is O=C1C=C(c2cccs2)C[C@@H](c2cccs2)[C@H]1n1cnc([N+](=O)[O-])c1. The lowest BCUT2D eigenvalue weighted by molar-refractivity contribution is -0.389. The molecule has 2 atom stereocenters. The molecule has 0 amide bonds. The van der Waals surface area contributed by atoms with Gasteiger partial charge in [-0.1, -0.05) is 12.1 Å². The van der Waals surface area contributed by atoms with Crippen molar-refractivity contribution in [2.45, 2.75) is 18.4 Å². The number of hydrogen-bond donors (Lipinski definition) is 0. The molecule has 0 spiro atoms. The monoisotopic (exact) mass is 371 g/mol. The Morgan fingerprint density at radius 3 is 2.68 bits per heavy atom. The highest BCUT2D eigenvalue weighted by molar-refractivity contribution is 7.11. The summed E-state index contributed by atoms with van der Waals surface area (Å²) in [5.41, 5.74) is 1.02. The summed E-state index contributed by atoms with van der Waals surface area (Å²) in [5.74, 6) is -0.366. The van der Waals surface area contributed by atoms with Crippen LogP contribution in [0.4, 0.5) is 5.82 Å². The molecular formula is C17H13N3O3S2. The molecular weight excluding hydrogens is 358 g/mol. The first-order chi connectivity index (χ1) is 12.1. The first-order valence-electron chi connectivity index (χ1n) is 7.63. The van der Waals surface area contributed by atoms with Crippen LogP contribution in [0, 0.1) is 10.1 Å². The number of hydrogen-bond acceptors (Lipinski definition) is 6. The van der Waals surface area contributed by atoms with Crippen molar-refractivity contribution < 1.29 is 9.72 Å². The largest absolute Gasteiger partial charge is 0.381 e. The molecule has 0 bridgehead atoms. The molecule has 0 aliphatic heterocycles. The van der Waals surface area contributed by atoms with Gasteiger partial charge in [0.05, 0.1) is 0 Å². The highest BCUT2D eigenvalue weighted by Crippen LogP contribution is 2.44. The van der Waals surface area contributed by atoms with Gasteiger partial charge in [-0.2, -0.15) is 0 Å². The van der Waals surface area contributed by atoms with Crippen molar-refractivity contribution >= 4 is 39.8 Å². The van der Waals surface area contributed by atoms with Gasteiger partial charge in [-0.05, 0) is 50.9 Å². The zero-order valence-electron chi connectivity index (χ0n) is 12.9. The van der Waals surface area contributed by atoms with Crippen molar-refractivity contribution in [3.05, 3.63) is 73.5 Å². The predicted octanol–water partition coefficient (Wildman–Crippen LogP) is 4.30. The second-order valence-electron chi connectivity index (χ2n) is 5.76. The third kappa shape index (κ3) is 2.94. The van der Waals surface area contributed by atoms with Crippen molar-refractivity contribution in [3.63, 3.8) is 0 Å². The standard InChI is InChI=1S/C17H13N3O3S2/c21-13-8-11(14-3-1-5-24-14)7-12(15-4-2-6-25-15)17(13)19-9-16(18-10-19)20(22)23/h1-6,8-10,12,17H,7H2/t12-,17+/m0/s1. The van der Waals surface area contributed by atoms with Gasteiger partial charge in [0.25, 0.3) is 0 Å². The van der Waals surface area contributed by atoms with E-state index in [9.17, 15) is 14.9 Å². The Morgan fingerprint density at radius 2 is 2.04 bits per heavy atom. The Hall–Kier alpha value is -2.58. The smallest absolute Gasteiger partial charge is 0.358 e. The maximum atomic E-state index is 12.9. The summed E-state index contributed by atoms with van der Waals surface area (Å²) >= 11 is 3.21. The van der Waals surface area contributed by atoms with Gasteiger partial charge in [-0.25, -0.2) is 0 Å². The zero-order valence-corrected chi connectivity index (χ0v) is 14.6. The van der Waals surface area contributed by atoms with E-state index in [1.807, 2.05) is 35.0 Å². The van der Waals surface area contributed by atoms with Crippen LogP contribution in [0.5, 0.6) is 0 Å². The number of imidazole rings is 1. The van der Waals surface area contributed by atoms with Gasteiger partial charge >= 0.3 is 5.82 Å². The lowest BCUT2D eigenvalue weighted by Gasteiger charge is -2.29. The summed E-state index contributed by atoms with van der Waals surface area (Å²) in [6.07, 6.45) is 5.11. The van der Waals surface area contributed by atoms with Crippen LogP contribution in [0.25, 0.3) is 5.57 Å². The van der Waals surface area contributed by atoms with E-state index in [1.165, 1.54) is 12.5 Å². The normalized spacial score (nSPS) is 20.5. The van der Waals surface area contributed by atoms with E-state index >= 15 is 0 Å². The lowest BCUT2D eigenvalue weighted by Crippen LogP contribution is -2.27. The molecule has 3 aromatic heterocycles. The Kier molecular flexibility index (Phi) is 4.06. The third-order valence-electron chi connectivity index (χ3n) is 4.27. The second kappa shape index (κ2) is 6.38. The zero-order chi connectivity index (χ0) is 17.4. The number of aromatic nitrogens is 2. The predicted molar refractivity (Wildman–Crippen MR) is 96.9 cm³/mol. The van der Waals surface area contributed by atoms with Crippen molar-refractivity contribution in [2.24, 2.45) is 0 Å². The molecule has 1 aliphatic rings. The number of nitrogens with zero attached hydrogens (tertiary/aromatic N) is 3. The molecule has 3 heterocycles. The molecule has 0 saturated carbocycles. The van der Waals surface area contributed by atoms with E-state index in [4.69, 9.17) is 0 Å². The molecule has 3 aromatic rings. The Morgan fingerprint density at radius 1 is 1.24 bits per heavy atom. The second-order valence-corrected chi connectivity index (χ2v) is 7.68. The molecule has 8 heteroatoms. The molecule has 0 aromatic carbocycles. The fourth-order valence-corrected chi connectivity index (χ4v) is 4.79. The first-order valence-corrected chi connectivity index (χ1v) is 9.39. The van der Waals surface area contributed by atoms with E-state index in [0.717, 1.165) is 15.3 Å². The van der Waals surface area contributed by atoms with Crippen LogP contribution in [0.3, 0.4) is 0 Å². The summed E-state index contributed by atoms with van der Waals surface area (Å²) in [7, 11) is 0. The van der Waals surface area contributed by atoms with Crippen molar-refractivity contribution in [2.75, 3.05) is 0 Å². The van der Waals surface area contributed by atoms with Crippen molar-refractivity contribution in [1.29, 1.82) is 0 Å². The number of carbonyl (C=O) groups is 1. The fourth-order valence-electron chi connectivity index (χ4n) is 3.18. The molecule has 4 rings (SSSR count). The third-order valence-corrected chi connectivity index (χ3v) is 6.22. The minimum atomic E-state index is -0.545. The van der Waals surface area contributed by atoms with E-state index in [-0.39, 0.29) is 17.5 Å². The maximum Gasteiger partial charge on any atom is 0.381 e. The van der Waals surface area contributed by atoms with Crippen LogP contribution in [0.15, 0.2) is 53.6 Å². The highest BCUT2D eigenvalue weighted by Gasteiger charge is 2.36. The Bertz CT molecular complexity index is 942. The molecule has 0 fully saturated rings. The van der Waals surface area contributed by atoms with Crippen LogP contribution in [0.1, 0.15) is 28.1 Å². The summed E-state index contributed by atoms with van der Waals surface area (Å²) < 4.78 is 1.58. The number of rotatable bonds is 4. The average Bonchev–Trinajstić information content (AvgIpc) is 3.34.